The maximum atomic E-state index is 11.5. The molecule has 3 nitrogen and oxygen atoms in total. The van der Waals surface area contributed by atoms with Crippen LogP contribution >= 0.6 is 11.6 Å². The summed E-state index contributed by atoms with van der Waals surface area (Å²) >= 11 is 4.51. The Balaban J connectivity index is 4.34. The van der Waals surface area contributed by atoms with E-state index in [1.807, 2.05) is 0 Å². The summed E-state index contributed by atoms with van der Waals surface area (Å²) in [6, 6.07) is 0. The van der Waals surface area contributed by atoms with Crippen LogP contribution in [0.1, 0.15) is 6.42 Å². The highest BCUT2D eigenvalue weighted by Crippen LogP contribution is 2.30. The van der Waals surface area contributed by atoms with Gasteiger partial charge in [-0.1, -0.05) is 0 Å². The van der Waals surface area contributed by atoms with E-state index >= 15 is 0 Å². The molecule has 0 aromatic carbocycles. The summed E-state index contributed by atoms with van der Waals surface area (Å²) in [6.45, 7) is 0. The van der Waals surface area contributed by atoms with Crippen LogP contribution in [0, 0.1) is 0 Å². The average molecular weight is 193 g/mol. The molecular formula is C4H4ClF3O3. The molecule has 0 aliphatic carbocycles. The summed E-state index contributed by atoms with van der Waals surface area (Å²) in [5.74, 6) is -4.02. The lowest BCUT2D eigenvalue weighted by Crippen LogP contribution is -2.46. The number of hydrogen-bond acceptors (Lipinski definition) is 3. The Morgan fingerprint density at radius 2 is 1.73 bits per heavy atom. The molecule has 0 rings (SSSR count). The minimum atomic E-state index is -5.27. The smallest absolute Gasteiger partial charge is 0.358 e. The third-order valence-electron chi connectivity index (χ3n) is 0.839. The second-order valence-corrected chi connectivity index (χ2v) is 2.27. The van der Waals surface area contributed by atoms with Crippen molar-refractivity contribution in [3.63, 3.8) is 0 Å². The summed E-state index contributed by atoms with van der Waals surface area (Å²) in [4.78, 5) is 9.85. The van der Waals surface area contributed by atoms with Crippen LogP contribution in [0.15, 0.2) is 0 Å². The highest BCUT2D eigenvalue weighted by Gasteiger charge is 2.53. The van der Waals surface area contributed by atoms with Crippen LogP contribution in [-0.2, 0) is 4.79 Å². The highest BCUT2D eigenvalue weighted by molar-refractivity contribution is 6.63. The third-order valence-corrected chi connectivity index (χ3v) is 0.973. The van der Waals surface area contributed by atoms with E-state index in [1.54, 1.807) is 0 Å². The Bertz CT molecular complexity index is 164. The van der Waals surface area contributed by atoms with Crippen LogP contribution in [0.25, 0.3) is 0 Å². The lowest BCUT2D eigenvalue weighted by Gasteiger charge is -2.22. The lowest BCUT2D eigenvalue weighted by molar-refractivity contribution is -0.346. The standard InChI is InChI=1S/C4H4ClF3O3/c5-2(9)1-3(10,11)4(6,7)8/h10-11H,1H2. The van der Waals surface area contributed by atoms with Gasteiger partial charge in [-0.25, -0.2) is 0 Å². The molecule has 7 heteroatoms. The molecule has 0 aliphatic heterocycles. The van der Waals surface area contributed by atoms with Gasteiger partial charge in [0.1, 0.15) is 0 Å². The maximum absolute atomic E-state index is 11.5. The van der Waals surface area contributed by atoms with Gasteiger partial charge in [0.05, 0.1) is 6.42 Å². The molecule has 0 spiro atoms. The van der Waals surface area contributed by atoms with Crippen LogP contribution in [0.4, 0.5) is 13.2 Å². The van der Waals surface area contributed by atoms with E-state index in [4.69, 9.17) is 10.2 Å². The van der Waals surface area contributed by atoms with Crippen LogP contribution in [0.5, 0.6) is 0 Å². The van der Waals surface area contributed by atoms with Crippen LogP contribution in [0.2, 0.25) is 0 Å². The molecule has 0 saturated carbocycles. The number of aliphatic hydroxyl groups is 2. The molecule has 11 heavy (non-hydrogen) atoms. The van der Waals surface area contributed by atoms with Gasteiger partial charge in [0.15, 0.2) is 0 Å². The largest absolute Gasteiger partial charge is 0.443 e. The van der Waals surface area contributed by atoms with Crippen molar-refractivity contribution >= 4 is 16.8 Å². The Hall–Kier alpha value is -0.330. The van der Waals surface area contributed by atoms with E-state index in [0.29, 0.717) is 0 Å². The van der Waals surface area contributed by atoms with Gasteiger partial charge in [0.25, 0.3) is 5.79 Å². The molecule has 0 aromatic heterocycles. The first-order valence-corrected chi connectivity index (χ1v) is 2.74. The Kier molecular flexibility index (Phi) is 2.87. The van der Waals surface area contributed by atoms with Gasteiger partial charge < -0.3 is 10.2 Å². The molecule has 0 aromatic rings. The topological polar surface area (TPSA) is 57.5 Å². The lowest BCUT2D eigenvalue weighted by atomic mass is 10.2. The van der Waals surface area contributed by atoms with Gasteiger partial charge in [-0.3, -0.25) is 4.79 Å². The first kappa shape index (κ1) is 10.7. The van der Waals surface area contributed by atoms with Crippen molar-refractivity contribution in [2.45, 2.75) is 18.4 Å². The molecule has 2 N–H and O–H groups in total. The van der Waals surface area contributed by atoms with Crippen molar-refractivity contribution in [3.8, 4) is 0 Å². The fraction of sp³-hybridized carbons (Fsp3) is 0.750. The molecule has 0 radical (unpaired) electrons. The van der Waals surface area contributed by atoms with Gasteiger partial charge in [0.2, 0.25) is 5.24 Å². The van der Waals surface area contributed by atoms with E-state index in [0.717, 1.165) is 0 Å². The molecule has 66 valence electrons. The monoisotopic (exact) mass is 192 g/mol. The number of hydrogen-bond donors (Lipinski definition) is 2. The van der Waals surface area contributed by atoms with Gasteiger partial charge in [-0.05, 0) is 11.6 Å². The summed E-state index contributed by atoms with van der Waals surface area (Å²) in [5, 5.41) is 14.8. The van der Waals surface area contributed by atoms with E-state index in [-0.39, 0.29) is 0 Å². The van der Waals surface area contributed by atoms with E-state index in [2.05, 4.69) is 11.6 Å². The van der Waals surface area contributed by atoms with Gasteiger partial charge in [0, 0.05) is 0 Å². The van der Waals surface area contributed by atoms with Gasteiger partial charge in [-0.2, -0.15) is 13.2 Å². The molecule has 0 amide bonds. The number of carbonyl (C=O) groups excluding carboxylic acids is 1. The fourth-order valence-corrected chi connectivity index (χ4v) is 0.480. The second-order valence-electron chi connectivity index (χ2n) is 1.85. The Morgan fingerprint density at radius 1 is 1.36 bits per heavy atom. The normalized spacial score (nSPS) is 13.3. The number of alkyl halides is 3. The van der Waals surface area contributed by atoms with Gasteiger partial charge >= 0.3 is 6.18 Å². The number of rotatable bonds is 2. The maximum Gasteiger partial charge on any atom is 0.443 e. The first-order chi connectivity index (χ1) is 4.67. The fourth-order valence-electron chi connectivity index (χ4n) is 0.294. The highest BCUT2D eigenvalue weighted by atomic mass is 35.5. The molecule has 0 heterocycles. The zero-order valence-corrected chi connectivity index (χ0v) is 5.78. The van der Waals surface area contributed by atoms with Crippen molar-refractivity contribution in [3.05, 3.63) is 0 Å². The van der Waals surface area contributed by atoms with Gasteiger partial charge in [-0.15, -0.1) is 0 Å². The number of carbonyl (C=O) groups is 1. The minimum absolute atomic E-state index is 1.47. The van der Waals surface area contributed by atoms with E-state index in [9.17, 15) is 18.0 Å². The molecular weight excluding hydrogens is 188 g/mol. The SMILES string of the molecule is O=C(Cl)CC(O)(O)C(F)(F)F. The quantitative estimate of drug-likeness (QED) is 0.491. The van der Waals surface area contributed by atoms with Crippen molar-refractivity contribution < 1.29 is 28.2 Å². The van der Waals surface area contributed by atoms with Crippen LogP contribution in [0.3, 0.4) is 0 Å². The summed E-state index contributed by atoms with van der Waals surface area (Å²) < 4.78 is 34.4. The molecule has 0 saturated heterocycles. The van der Waals surface area contributed by atoms with Crippen LogP contribution in [-0.4, -0.2) is 27.4 Å². The second kappa shape index (κ2) is 2.96. The summed E-state index contributed by atoms with van der Waals surface area (Å²) in [6.07, 6.45) is -6.84. The molecule has 0 aliphatic rings. The van der Waals surface area contributed by atoms with Crippen molar-refractivity contribution in [2.24, 2.45) is 0 Å². The van der Waals surface area contributed by atoms with E-state index < -0.39 is 23.6 Å². The first-order valence-electron chi connectivity index (χ1n) is 2.36. The molecule has 0 bridgehead atoms. The van der Waals surface area contributed by atoms with E-state index in [1.165, 1.54) is 0 Å². The van der Waals surface area contributed by atoms with Crippen molar-refractivity contribution in [1.82, 2.24) is 0 Å². The minimum Gasteiger partial charge on any atom is -0.358 e. The summed E-state index contributed by atoms with van der Waals surface area (Å²) in [7, 11) is 0. The molecule has 0 fully saturated rings. The zero-order chi connectivity index (χ0) is 9.28. The Morgan fingerprint density at radius 3 is 1.82 bits per heavy atom. The molecule has 0 atom stereocenters. The predicted octanol–water partition coefficient (Wildman–Crippen LogP) is 0.385. The number of halogens is 4. The molecule has 0 unspecified atom stereocenters. The van der Waals surface area contributed by atoms with Crippen molar-refractivity contribution in [1.29, 1.82) is 0 Å². The van der Waals surface area contributed by atoms with Crippen LogP contribution < -0.4 is 0 Å². The Labute approximate surface area is 64.4 Å². The average Bonchev–Trinajstić information content (AvgIpc) is 1.56. The van der Waals surface area contributed by atoms with Crippen molar-refractivity contribution in [2.75, 3.05) is 0 Å². The third kappa shape index (κ3) is 3.04. The summed E-state index contributed by atoms with van der Waals surface area (Å²) in [5.41, 5.74) is 0. The predicted molar refractivity (Wildman–Crippen MR) is 28.7 cm³/mol. The zero-order valence-electron chi connectivity index (χ0n) is 5.02.